The Kier molecular flexibility index (Phi) is 4.95. The first-order valence-corrected chi connectivity index (χ1v) is 11.8. The quantitative estimate of drug-likeness (QED) is 0.312. The van der Waals surface area contributed by atoms with Crippen molar-refractivity contribution in [3.05, 3.63) is 93.8 Å². The molecule has 0 unspecified atom stereocenters. The van der Waals surface area contributed by atoms with E-state index in [1.54, 1.807) is 24.4 Å². The van der Waals surface area contributed by atoms with Gasteiger partial charge in [-0.15, -0.1) is 0 Å². The van der Waals surface area contributed by atoms with Gasteiger partial charge >= 0.3 is 0 Å². The van der Waals surface area contributed by atoms with E-state index in [-0.39, 0.29) is 33.2 Å². The average Bonchev–Trinajstić information content (AvgIpc) is 3.30. The lowest BCUT2D eigenvalue weighted by molar-refractivity contribution is -0.653. The molecule has 0 aliphatic carbocycles. The van der Waals surface area contributed by atoms with Crippen molar-refractivity contribution in [2.75, 3.05) is 5.73 Å². The third-order valence-electron chi connectivity index (χ3n) is 5.45. The lowest BCUT2D eigenvalue weighted by Crippen LogP contribution is -2.42. The van der Waals surface area contributed by atoms with Crippen LogP contribution in [-0.2, 0) is 16.4 Å². The predicted molar refractivity (Wildman–Crippen MR) is 123 cm³/mol. The van der Waals surface area contributed by atoms with E-state index < -0.39 is 15.4 Å². The van der Waals surface area contributed by atoms with Crippen LogP contribution in [-0.4, -0.2) is 17.8 Å². The fraction of sp³-hybridized carbons (Fsp3) is 0.0870. The van der Waals surface area contributed by atoms with Crippen molar-refractivity contribution in [3.8, 4) is 0 Å². The Bertz CT molecular complexity index is 1690. The molecule has 0 bridgehead atoms. The number of pyridine rings is 2. The van der Waals surface area contributed by atoms with E-state index >= 15 is 0 Å². The first-order chi connectivity index (χ1) is 15.8. The highest BCUT2D eigenvalue weighted by molar-refractivity contribution is 7.91. The van der Waals surface area contributed by atoms with Crippen LogP contribution in [0, 0.1) is 6.92 Å². The number of furan rings is 1. The van der Waals surface area contributed by atoms with Crippen LogP contribution >= 0.6 is 11.6 Å². The molecule has 0 saturated carbocycles. The molecule has 1 aromatic carbocycles. The first kappa shape index (κ1) is 21.2. The van der Waals surface area contributed by atoms with Gasteiger partial charge in [-0.2, -0.15) is 0 Å². The van der Waals surface area contributed by atoms with E-state index in [2.05, 4.69) is 4.98 Å². The van der Waals surface area contributed by atoms with Crippen LogP contribution in [0.2, 0.25) is 5.02 Å². The smallest absolute Gasteiger partial charge is 0.278 e. The zero-order valence-electron chi connectivity index (χ0n) is 17.4. The zero-order valence-corrected chi connectivity index (χ0v) is 19.0. The minimum absolute atomic E-state index is 0.00666. The summed E-state index contributed by atoms with van der Waals surface area (Å²) in [7, 11) is -4.07. The third-order valence-corrected chi connectivity index (χ3v) is 7.50. The summed E-state index contributed by atoms with van der Waals surface area (Å²) in [5.41, 5.74) is 7.52. The number of aryl methyl sites for hydroxylation is 1. The maximum Gasteiger partial charge on any atom is 0.278 e. The number of benzene rings is 1. The number of hydrogen-bond donors (Lipinski definition) is 1. The number of anilines is 1. The lowest BCUT2D eigenvalue weighted by Gasteiger charge is -2.12. The molecule has 0 saturated heterocycles. The number of fused-ring (bicyclic) bond motifs is 2. The van der Waals surface area contributed by atoms with Gasteiger partial charge in [0.05, 0.1) is 11.2 Å². The standard InChI is InChI=1S/C23H17ClN4O4S/c1-14-4-2-10-27-21(14)26-22-18(23(27)29)12-19(20(25)28(22)13-16-5-3-11-32-16)33(30,31)17-8-6-15(24)7-9-17/h2-12,25H,13H2,1H3/p+1. The number of nitrogens with zero attached hydrogens (tertiary/aromatic N) is 3. The molecule has 0 spiro atoms. The van der Waals surface area contributed by atoms with Gasteiger partial charge in [0, 0.05) is 16.8 Å². The van der Waals surface area contributed by atoms with Gasteiger partial charge in [0.25, 0.3) is 11.2 Å². The van der Waals surface area contributed by atoms with Crippen LogP contribution in [0.5, 0.6) is 0 Å². The predicted octanol–water partition coefficient (Wildman–Crippen LogP) is 3.15. The van der Waals surface area contributed by atoms with Crippen LogP contribution in [0.3, 0.4) is 0 Å². The van der Waals surface area contributed by atoms with Gasteiger partial charge in [-0.3, -0.25) is 9.20 Å². The summed E-state index contributed by atoms with van der Waals surface area (Å²) in [6.45, 7) is 1.93. The minimum atomic E-state index is -4.07. The molecule has 0 aliphatic rings. The number of nitrogen functional groups attached to an aromatic ring is 1. The topological polar surface area (TPSA) is 112 Å². The number of sulfone groups is 1. The second kappa shape index (κ2) is 7.72. The van der Waals surface area contributed by atoms with Gasteiger partial charge in [0.2, 0.25) is 21.3 Å². The maximum atomic E-state index is 13.5. The monoisotopic (exact) mass is 481 g/mol. The molecular formula is C23H18ClN4O4S+. The van der Waals surface area contributed by atoms with Crippen molar-refractivity contribution in [2.45, 2.75) is 23.3 Å². The van der Waals surface area contributed by atoms with Gasteiger partial charge in [-0.25, -0.2) is 13.0 Å². The number of aromatic nitrogens is 3. The van der Waals surface area contributed by atoms with Crippen molar-refractivity contribution in [2.24, 2.45) is 0 Å². The molecule has 0 atom stereocenters. The summed E-state index contributed by atoms with van der Waals surface area (Å²) in [4.78, 5) is 17.9. The molecular weight excluding hydrogens is 464 g/mol. The Balaban J connectivity index is 1.89. The molecule has 0 amide bonds. The van der Waals surface area contributed by atoms with Crippen LogP contribution in [0.4, 0.5) is 5.82 Å². The Labute approximate surface area is 193 Å². The number of rotatable bonds is 4. The zero-order chi connectivity index (χ0) is 23.3. The highest BCUT2D eigenvalue weighted by atomic mass is 35.5. The van der Waals surface area contributed by atoms with E-state index in [0.29, 0.717) is 16.4 Å². The summed E-state index contributed by atoms with van der Waals surface area (Å²) < 4.78 is 35.3. The summed E-state index contributed by atoms with van der Waals surface area (Å²) in [5.74, 6) is 0.472. The highest BCUT2D eigenvalue weighted by Crippen LogP contribution is 2.27. The molecule has 0 radical (unpaired) electrons. The van der Waals surface area contributed by atoms with E-state index in [9.17, 15) is 13.2 Å². The third kappa shape index (κ3) is 3.46. The molecule has 5 aromatic rings. The minimum Gasteiger partial charge on any atom is -0.466 e. The van der Waals surface area contributed by atoms with Gasteiger partial charge in [-0.1, -0.05) is 22.7 Å². The molecule has 0 fully saturated rings. The molecule has 4 heterocycles. The van der Waals surface area contributed by atoms with E-state index in [1.165, 1.54) is 45.6 Å². The van der Waals surface area contributed by atoms with E-state index in [0.717, 1.165) is 5.56 Å². The fourth-order valence-electron chi connectivity index (χ4n) is 3.76. The van der Waals surface area contributed by atoms with E-state index in [4.69, 9.17) is 21.8 Å². The molecule has 2 N–H and O–H groups in total. The molecule has 166 valence electrons. The SMILES string of the molecule is Cc1cccn2c(=O)c3cc(S(=O)(=O)c4ccc(Cl)cc4)c(N)[n+](Cc4ccco4)c3nc12. The number of hydrogen-bond acceptors (Lipinski definition) is 6. The van der Waals surface area contributed by atoms with Gasteiger partial charge in [0.15, 0.2) is 0 Å². The molecule has 8 nitrogen and oxygen atoms in total. The van der Waals surface area contributed by atoms with Crippen molar-refractivity contribution < 1.29 is 17.4 Å². The Morgan fingerprint density at radius 1 is 1.15 bits per heavy atom. The van der Waals surface area contributed by atoms with Crippen LogP contribution < -0.4 is 15.9 Å². The van der Waals surface area contributed by atoms with Crippen LogP contribution in [0.15, 0.2) is 86.1 Å². The number of halogens is 1. The first-order valence-electron chi connectivity index (χ1n) is 9.94. The molecule has 10 heteroatoms. The second-order valence-corrected chi connectivity index (χ2v) is 9.91. The van der Waals surface area contributed by atoms with Crippen LogP contribution in [0.25, 0.3) is 16.7 Å². The van der Waals surface area contributed by atoms with Crippen LogP contribution in [0.1, 0.15) is 11.3 Å². The molecule has 5 rings (SSSR count). The normalized spacial score (nSPS) is 11.9. The van der Waals surface area contributed by atoms with Crippen molar-refractivity contribution >= 4 is 43.9 Å². The average molecular weight is 482 g/mol. The van der Waals surface area contributed by atoms with E-state index in [1.807, 2.05) is 13.0 Å². The van der Waals surface area contributed by atoms with Crippen molar-refractivity contribution in [1.29, 1.82) is 0 Å². The Hall–Kier alpha value is -3.69. The Morgan fingerprint density at radius 2 is 1.91 bits per heavy atom. The van der Waals surface area contributed by atoms with Gasteiger partial charge in [-0.05, 0) is 55.5 Å². The number of nitrogens with two attached hydrogens (primary N) is 1. The maximum absolute atomic E-state index is 13.5. The molecule has 4 aromatic heterocycles. The summed E-state index contributed by atoms with van der Waals surface area (Å²) in [5, 5.41) is 0.518. The van der Waals surface area contributed by atoms with Gasteiger partial charge < -0.3 is 10.2 Å². The Morgan fingerprint density at radius 3 is 2.61 bits per heavy atom. The summed E-state index contributed by atoms with van der Waals surface area (Å²) in [6.07, 6.45) is 3.10. The molecule has 0 aliphatic heterocycles. The highest BCUT2D eigenvalue weighted by Gasteiger charge is 2.30. The van der Waals surface area contributed by atoms with Crippen molar-refractivity contribution in [3.63, 3.8) is 0 Å². The fourth-order valence-corrected chi connectivity index (χ4v) is 5.29. The summed E-state index contributed by atoms with van der Waals surface area (Å²) in [6, 6.07) is 14.1. The largest absolute Gasteiger partial charge is 0.466 e. The summed E-state index contributed by atoms with van der Waals surface area (Å²) >= 11 is 5.92. The second-order valence-electron chi connectivity index (χ2n) is 7.56. The van der Waals surface area contributed by atoms with Gasteiger partial charge in [0.1, 0.15) is 22.6 Å². The molecule has 33 heavy (non-hydrogen) atoms. The lowest BCUT2D eigenvalue weighted by atomic mass is 10.2. The van der Waals surface area contributed by atoms with Crippen molar-refractivity contribution in [1.82, 2.24) is 9.38 Å².